The van der Waals surface area contributed by atoms with Gasteiger partial charge in [-0.3, -0.25) is 0 Å². The minimum atomic E-state index is -2.06. The molecule has 3 nitrogen and oxygen atoms in total. The minimum Gasteiger partial charge on any atom is -0.543 e. The van der Waals surface area contributed by atoms with Crippen LogP contribution in [-0.2, 0) is 13.9 Å². The Labute approximate surface area is 173 Å². The lowest BCUT2D eigenvalue weighted by molar-refractivity contribution is -0.0969. The van der Waals surface area contributed by atoms with Crippen molar-refractivity contribution in [3.63, 3.8) is 0 Å². The normalized spacial score (nSPS) is 11.9. The van der Waals surface area contributed by atoms with Gasteiger partial charge >= 0.3 is 0 Å². The van der Waals surface area contributed by atoms with Crippen LogP contribution in [0.4, 0.5) is 0 Å². The van der Waals surface area contributed by atoms with Crippen LogP contribution in [-0.4, -0.2) is 27.8 Å². The average molecular weight is 403 g/mol. The Morgan fingerprint density at radius 3 is 1.89 bits per heavy atom. The summed E-state index contributed by atoms with van der Waals surface area (Å²) in [5, 5.41) is 0. The van der Waals surface area contributed by atoms with Crippen molar-refractivity contribution in [3.05, 3.63) is 42.0 Å². The van der Waals surface area contributed by atoms with Gasteiger partial charge in [0.1, 0.15) is 5.76 Å². The van der Waals surface area contributed by atoms with Crippen LogP contribution in [0.1, 0.15) is 66.5 Å². The summed E-state index contributed by atoms with van der Waals surface area (Å²) >= 11 is 0. The van der Waals surface area contributed by atoms with Crippen molar-refractivity contribution in [1.82, 2.24) is 0 Å². The number of benzene rings is 1. The summed E-state index contributed by atoms with van der Waals surface area (Å²) in [5.41, 5.74) is 3.30. The summed E-state index contributed by atoms with van der Waals surface area (Å²) in [6, 6.07) is 8.01. The molecule has 0 saturated heterocycles. The first-order valence-corrected chi connectivity index (χ1v) is 12.6. The van der Waals surface area contributed by atoms with Gasteiger partial charge in [0, 0.05) is 24.3 Å². The summed E-state index contributed by atoms with van der Waals surface area (Å²) in [5.74, 6) is 7.02. The third kappa shape index (κ3) is 5.98. The molecule has 0 N–H and O–H groups in total. The fourth-order valence-electron chi connectivity index (χ4n) is 4.03. The molecule has 4 heteroatoms. The largest absolute Gasteiger partial charge is 0.543 e. The lowest BCUT2D eigenvalue weighted by Crippen LogP contribution is -2.47. The maximum Gasteiger partial charge on any atom is 0.258 e. The van der Waals surface area contributed by atoms with Crippen LogP contribution in [0.3, 0.4) is 0 Å². The first-order valence-electron chi connectivity index (χ1n) is 10.4. The van der Waals surface area contributed by atoms with Gasteiger partial charge in [-0.25, -0.2) is 0 Å². The zero-order chi connectivity index (χ0) is 21.3. The molecular formula is C24H38O3Si. The Balaban J connectivity index is 3.23. The zero-order valence-electron chi connectivity index (χ0n) is 19.0. The van der Waals surface area contributed by atoms with Gasteiger partial charge in [0.15, 0.2) is 0 Å². The molecule has 0 aliphatic heterocycles. The monoisotopic (exact) mass is 402 g/mol. The highest BCUT2D eigenvalue weighted by molar-refractivity contribution is 6.78. The molecule has 28 heavy (non-hydrogen) atoms. The molecule has 0 bridgehead atoms. The van der Waals surface area contributed by atoms with Gasteiger partial charge in [-0.1, -0.05) is 72.2 Å². The highest BCUT2D eigenvalue weighted by atomic mass is 28.4. The van der Waals surface area contributed by atoms with Crippen molar-refractivity contribution in [1.29, 1.82) is 0 Å². The van der Waals surface area contributed by atoms with Crippen LogP contribution >= 0.6 is 0 Å². The van der Waals surface area contributed by atoms with Gasteiger partial charge in [-0.05, 0) is 42.5 Å². The molecule has 0 unspecified atom stereocenters. The Morgan fingerprint density at radius 2 is 1.43 bits per heavy atom. The summed E-state index contributed by atoms with van der Waals surface area (Å²) in [7, 11) is -2.06. The maximum atomic E-state index is 6.77. The number of hydrogen-bond acceptors (Lipinski definition) is 3. The van der Waals surface area contributed by atoms with Gasteiger partial charge < -0.3 is 13.9 Å². The molecule has 1 aromatic rings. The van der Waals surface area contributed by atoms with E-state index < -0.39 is 14.6 Å². The van der Waals surface area contributed by atoms with Crippen molar-refractivity contribution >= 4 is 14.1 Å². The molecule has 1 aromatic carbocycles. The molecule has 0 aliphatic rings. The molecule has 0 aromatic heterocycles. The Kier molecular flexibility index (Phi) is 10.0. The van der Waals surface area contributed by atoms with Crippen molar-refractivity contribution < 1.29 is 13.9 Å². The van der Waals surface area contributed by atoms with E-state index in [2.05, 4.69) is 60.0 Å². The standard InChI is InChI=1S/C24H38O3Si/c1-10-25-24(26-11-2)17-16-22-14-12-13-15-23(22)21(9)27-28(18(3)4,19(5)6)20(7)8/h12-15,18-20,24H,9-11H2,1-8H3. The van der Waals surface area contributed by atoms with Crippen LogP contribution in [0, 0.1) is 11.8 Å². The van der Waals surface area contributed by atoms with E-state index in [1.807, 2.05) is 38.1 Å². The lowest BCUT2D eigenvalue weighted by atomic mass is 10.1. The molecule has 0 spiro atoms. The maximum absolute atomic E-state index is 6.77. The fourth-order valence-corrected chi connectivity index (χ4v) is 9.27. The summed E-state index contributed by atoms with van der Waals surface area (Å²) in [4.78, 5) is 0. The molecule has 0 aliphatic carbocycles. The van der Waals surface area contributed by atoms with Crippen molar-refractivity contribution in [2.75, 3.05) is 13.2 Å². The molecule has 0 fully saturated rings. The van der Waals surface area contributed by atoms with Gasteiger partial charge in [-0.15, -0.1) is 0 Å². The summed E-state index contributed by atoms with van der Waals surface area (Å²) in [6.45, 7) is 23.0. The Morgan fingerprint density at radius 1 is 0.929 bits per heavy atom. The second-order valence-corrected chi connectivity index (χ2v) is 13.3. The molecule has 1 rings (SSSR count). The van der Waals surface area contributed by atoms with Crippen LogP contribution in [0.5, 0.6) is 0 Å². The molecule has 156 valence electrons. The van der Waals surface area contributed by atoms with E-state index in [0.717, 1.165) is 16.9 Å². The van der Waals surface area contributed by atoms with E-state index in [1.54, 1.807) is 0 Å². The predicted molar refractivity (Wildman–Crippen MR) is 122 cm³/mol. The first-order chi connectivity index (χ1) is 13.2. The molecular weight excluding hydrogens is 364 g/mol. The summed E-state index contributed by atoms with van der Waals surface area (Å²) < 4.78 is 17.8. The van der Waals surface area contributed by atoms with E-state index in [1.165, 1.54) is 0 Å². The predicted octanol–water partition coefficient (Wildman–Crippen LogP) is 6.60. The third-order valence-corrected chi connectivity index (χ3v) is 11.2. The van der Waals surface area contributed by atoms with E-state index >= 15 is 0 Å². The van der Waals surface area contributed by atoms with E-state index in [-0.39, 0.29) is 0 Å². The van der Waals surface area contributed by atoms with Gasteiger partial charge in [0.25, 0.3) is 8.32 Å². The van der Waals surface area contributed by atoms with Crippen LogP contribution < -0.4 is 0 Å². The molecule has 0 heterocycles. The van der Waals surface area contributed by atoms with E-state index in [0.29, 0.717) is 29.8 Å². The van der Waals surface area contributed by atoms with Gasteiger partial charge in [0.05, 0.1) is 0 Å². The molecule has 0 radical (unpaired) electrons. The highest BCUT2D eigenvalue weighted by Gasteiger charge is 2.47. The van der Waals surface area contributed by atoms with Crippen LogP contribution in [0.25, 0.3) is 5.76 Å². The SMILES string of the molecule is C=C(O[Si](C(C)C)(C(C)C)C(C)C)c1ccccc1C#CC(OCC)OCC. The number of ether oxygens (including phenoxy) is 2. The topological polar surface area (TPSA) is 27.7 Å². The van der Waals surface area contributed by atoms with Gasteiger partial charge in [-0.2, -0.15) is 0 Å². The zero-order valence-corrected chi connectivity index (χ0v) is 20.0. The minimum absolute atomic E-state index is 0.489. The average Bonchev–Trinajstić information content (AvgIpc) is 2.63. The second kappa shape index (κ2) is 11.5. The fraction of sp³-hybridized carbons (Fsp3) is 0.583. The van der Waals surface area contributed by atoms with Crippen molar-refractivity contribution in [2.24, 2.45) is 0 Å². The quantitative estimate of drug-likeness (QED) is 0.191. The van der Waals surface area contributed by atoms with Crippen molar-refractivity contribution in [3.8, 4) is 11.8 Å². The Hall–Kier alpha value is -1.54. The molecule has 0 atom stereocenters. The van der Waals surface area contributed by atoms with E-state index in [9.17, 15) is 0 Å². The molecule has 0 saturated carbocycles. The van der Waals surface area contributed by atoms with E-state index in [4.69, 9.17) is 13.9 Å². The highest BCUT2D eigenvalue weighted by Crippen LogP contribution is 2.44. The molecule has 0 amide bonds. The van der Waals surface area contributed by atoms with Gasteiger partial charge in [0.2, 0.25) is 6.29 Å². The second-order valence-electron chi connectivity index (χ2n) is 7.90. The smallest absolute Gasteiger partial charge is 0.258 e. The Bertz CT molecular complexity index is 655. The lowest BCUT2D eigenvalue weighted by Gasteiger charge is -2.42. The third-order valence-electron chi connectivity index (χ3n) is 5.20. The summed E-state index contributed by atoms with van der Waals surface area (Å²) in [6.07, 6.45) is -0.521. The van der Waals surface area contributed by atoms with Crippen LogP contribution in [0.15, 0.2) is 30.8 Å². The number of rotatable bonds is 10. The van der Waals surface area contributed by atoms with Crippen LogP contribution in [0.2, 0.25) is 16.6 Å². The first kappa shape index (κ1) is 24.5. The van der Waals surface area contributed by atoms with Crippen molar-refractivity contribution in [2.45, 2.75) is 78.3 Å². The number of hydrogen-bond donors (Lipinski definition) is 0.